The summed E-state index contributed by atoms with van der Waals surface area (Å²) in [6.45, 7) is 12.4. The second kappa shape index (κ2) is 5.98. The summed E-state index contributed by atoms with van der Waals surface area (Å²) in [6.07, 6.45) is 6.25. The van der Waals surface area contributed by atoms with Gasteiger partial charge in [0.15, 0.2) is 0 Å². The van der Waals surface area contributed by atoms with Gasteiger partial charge in [-0.25, -0.2) is 0 Å². The van der Waals surface area contributed by atoms with E-state index in [-0.39, 0.29) is 6.23 Å². The summed E-state index contributed by atoms with van der Waals surface area (Å²) in [5.41, 5.74) is 16.3. The van der Waals surface area contributed by atoms with E-state index in [0.29, 0.717) is 17.7 Å². The molecule has 3 unspecified atom stereocenters. The van der Waals surface area contributed by atoms with Crippen molar-refractivity contribution in [3.05, 3.63) is 35.8 Å². The van der Waals surface area contributed by atoms with Gasteiger partial charge in [-0.05, 0) is 38.5 Å². The minimum Gasteiger partial charge on any atom is -0.404 e. The van der Waals surface area contributed by atoms with Crippen molar-refractivity contribution in [1.29, 1.82) is 0 Å². The quantitative estimate of drug-likeness (QED) is 0.893. The first-order chi connectivity index (χ1) is 9.90. The Morgan fingerprint density at radius 2 is 2.24 bits per heavy atom. The molecule has 116 valence electrons. The topological polar surface area (TPSA) is 66.2 Å². The van der Waals surface area contributed by atoms with Crippen LogP contribution in [0.2, 0.25) is 0 Å². The van der Waals surface area contributed by atoms with E-state index in [1.165, 1.54) is 0 Å². The fourth-order valence-corrected chi connectivity index (χ4v) is 3.20. The van der Waals surface area contributed by atoms with E-state index < -0.39 is 0 Å². The Morgan fingerprint density at radius 3 is 2.71 bits per heavy atom. The molecule has 0 saturated carbocycles. The van der Waals surface area contributed by atoms with Crippen LogP contribution in [0.25, 0.3) is 11.3 Å². The van der Waals surface area contributed by atoms with Crippen molar-refractivity contribution in [3.63, 3.8) is 0 Å². The number of nitrogens with zero attached hydrogens (tertiary/aromatic N) is 1. The van der Waals surface area contributed by atoms with Gasteiger partial charge in [0.2, 0.25) is 0 Å². The first-order valence-corrected chi connectivity index (χ1v) is 7.61. The molecule has 1 aromatic rings. The number of ether oxygens (including phenoxy) is 1. The van der Waals surface area contributed by atoms with Crippen LogP contribution in [0.1, 0.15) is 56.7 Å². The Labute approximate surface area is 127 Å². The second-order valence-corrected chi connectivity index (χ2v) is 6.06. The van der Waals surface area contributed by atoms with Crippen LogP contribution in [-0.4, -0.2) is 10.7 Å². The van der Waals surface area contributed by atoms with Crippen LogP contribution in [0.5, 0.6) is 0 Å². The molecule has 4 heteroatoms. The first kappa shape index (κ1) is 15.7. The second-order valence-electron chi connectivity index (χ2n) is 6.06. The van der Waals surface area contributed by atoms with E-state index in [2.05, 4.69) is 38.1 Å². The number of allylic oxidation sites excluding steroid dienone is 1. The van der Waals surface area contributed by atoms with Crippen molar-refractivity contribution < 1.29 is 4.74 Å². The number of rotatable bonds is 4. The van der Waals surface area contributed by atoms with Gasteiger partial charge in [-0.2, -0.15) is 0 Å². The maximum Gasteiger partial charge on any atom is 0.136 e. The van der Waals surface area contributed by atoms with Crippen molar-refractivity contribution >= 4 is 11.3 Å². The highest BCUT2D eigenvalue weighted by atomic mass is 16.5. The predicted octanol–water partition coefficient (Wildman–Crippen LogP) is 3.38. The van der Waals surface area contributed by atoms with E-state index in [1.54, 1.807) is 6.20 Å². The zero-order chi connectivity index (χ0) is 15.7. The molecule has 1 aromatic heterocycles. The Hall–Kier alpha value is -1.68. The maximum atomic E-state index is 6.19. The van der Waals surface area contributed by atoms with Crippen molar-refractivity contribution in [2.45, 2.75) is 52.9 Å². The zero-order valence-electron chi connectivity index (χ0n) is 13.5. The smallest absolute Gasteiger partial charge is 0.136 e. The minimum absolute atomic E-state index is 0.0624. The molecule has 1 fully saturated rings. The first-order valence-electron chi connectivity index (χ1n) is 7.61. The third-order valence-electron chi connectivity index (χ3n) is 4.47. The third-order valence-corrected chi connectivity index (χ3v) is 4.47. The molecule has 0 aliphatic carbocycles. The Morgan fingerprint density at radius 1 is 1.57 bits per heavy atom. The molecule has 21 heavy (non-hydrogen) atoms. The highest BCUT2D eigenvalue weighted by Crippen LogP contribution is 2.39. The SMILES string of the molecule is C=C(N)c1c(/C(C)=C/N)cn(C2OC(CC)CC2C)c1C. The zero-order valence-corrected chi connectivity index (χ0v) is 13.5. The van der Waals surface area contributed by atoms with Crippen molar-refractivity contribution in [2.24, 2.45) is 17.4 Å². The molecule has 0 bridgehead atoms. The highest BCUT2D eigenvalue weighted by molar-refractivity contribution is 5.78. The molecular formula is C17H27N3O. The summed E-state index contributed by atoms with van der Waals surface area (Å²) >= 11 is 0. The van der Waals surface area contributed by atoms with Gasteiger partial charge in [0.1, 0.15) is 6.23 Å². The molecule has 0 amide bonds. The number of hydrogen-bond donors (Lipinski definition) is 2. The van der Waals surface area contributed by atoms with Gasteiger partial charge in [0.05, 0.1) is 6.10 Å². The van der Waals surface area contributed by atoms with Crippen LogP contribution in [-0.2, 0) is 4.74 Å². The summed E-state index contributed by atoms with van der Waals surface area (Å²) in [7, 11) is 0. The lowest BCUT2D eigenvalue weighted by molar-refractivity contribution is -0.0121. The molecule has 0 spiro atoms. The Bertz CT molecular complexity index is 571. The summed E-state index contributed by atoms with van der Waals surface area (Å²) in [5, 5.41) is 0. The van der Waals surface area contributed by atoms with Crippen LogP contribution < -0.4 is 11.5 Å². The lowest BCUT2D eigenvalue weighted by Crippen LogP contribution is -2.15. The lowest BCUT2D eigenvalue weighted by Gasteiger charge is -2.20. The molecular weight excluding hydrogens is 262 g/mol. The molecule has 1 aliphatic heterocycles. The maximum absolute atomic E-state index is 6.19. The van der Waals surface area contributed by atoms with Gasteiger partial charge in [-0.15, -0.1) is 0 Å². The van der Waals surface area contributed by atoms with Crippen LogP contribution >= 0.6 is 0 Å². The summed E-state index contributed by atoms with van der Waals surface area (Å²) < 4.78 is 8.38. The molecule has 4 nitrogen and oxygen atoms in total. The van der Waals surface area contributed by atoms with E-state index in [1.807, 2.05) is 6.92 Å². The number of aromatic nitrogens is 1. The van der Waals surface area contributed by atoms with Crippen LogP contribution in [0.3, 0.4) is 0 Å². The fraction of sp³-hybridized carbons (Fsp3) is 0.529. The van der Waals surface area contributed by atoms with E-state index in [9.17, 15) is 0 Å². The van der Waals surface area contributed by atoms with Crippen molar-refractivity contribution in [1.82, 2.24) is 4.57 Å². The van der Waals surface area contributed by atoms with Gasteiger partial charge >= 0.3 is 0 Å². The molecule has 3 atom stereocenters. The van der Waals surface area contributed by atoms with Crippen LogP contribution in [0, 0.1) is 12.8 Å². The summed E-state index contributed by atoms with van der Waals surface area (Å²) in [4.78, 5) is 0. The fourth-order valence-electron chi connectivity index (χ4n) is 3.20. The van der Waals surface area contributed by atoms with Crippen LogP contribution in [0.15, 0.2) is 19.0 Å². The van der Waals surface area contributed by atoms with Gasteiger partial charge in [-0.3, -0.25) is 0 Å². The highest BCUT2D eigenvalue weighted by Gasteiger charge is 2.34. The number of nitrogens with two attached hydrogens (primary N) is 2. The summed E-state index contributed by atoms with van der Waals surface area (Å²) in [6, 6.07) is 0. The third kappa shape index (κ3) is 2.72. The van der Waals surface area contributed by atoms with Gasteiger partial charge in [0.25, 0.3) is 0 Å². The van der Waals surface area contributed by atoms with Crippen LogP contribution in [0.4, 0.5) is 0 Å². The Balaban J connectivity index is 2.49. The van der Waals surface area contributed by atoms with Gasteiger partial charge in [0, 0.05) is 34.6 Å². The van der Waals surface area contributed by atoms with Crippen molar-refractivity contribution in [3.8, 4) is 0 Å². The molecule has 4 N–H and O–H groups in total. The average molecular weight is 289 g/mol. The normalized spacial score (nSPS) is 26.3. The van der Waals surface area contributed by atoms with Crippen molar-refractivity contribution in [2.75, 3.05) is 0 Å². The van der Waals surface area contributed by atoms with Gasteiger partial charge < -0.3 is 20.8 Å². The Kier molecular flexibility index (Phi) is 4.47. The largest absolute Gasteiger partial charge is 0.404 e. The van der Waals surface area contributed by atoms with Gasteiger partial charge in [-0.1, -0.05) is 20.4 Å². The molecule has 2 rings (SSSR count). The van der Waals surface area contributed by atoms with E-state index in [4.69, 9.17) is 16.2 Å². The predicted molar refractivity (Wildman–Crippen MR) is 88.2 cm³/mol. The molecule has 1 saturated heterocycles. The molecule has 1 aliphatic rings. The van der Waals surface area contributed by atoms with E-state index >= 15 is 0 Å². The minimum atomic E-state index is 0.0624. The molecule has 0 radical (unpaired) electrons. The molecule has 2 heterocycles. The lowest BCUT2D eigenvalue weighted by atomic mass is 10.0. The summed E-state index contributed by atoms with van der Waals surface area (Å²) in [5.74, 6) is 0.481. The molecule has 0 aromatic carbocycles. The average Bonchev–Trinajstić information content (AvgIpc) is 2.98. The monoisotopic (exact) mass is 289 g/mol. The van der Waals surface area contributed by atoms with E-state index in [0.717, 1.165) is 35.2 Å². The standard InChI is InChI=1S/C17H27N3O/c1-6-14-7-10(2)17(21-14)20-9-15(11(3)8-18)16(12(4)19)13(20)5/h8-10,14,17H,4,6-7,18-19H2,1-3,5H3/b11-8+. The number of hydrogen-bond acceptors (Lipinski definition) is 3.